The minimum Gasteiger partial charge on any atom is -0.493 e. The molecule has 0 atom stereocenters. The molecular weight excluding hydrogens is 358 g/mol. The van der Waals surface area contributed by atoms with Crippen LogP contribution in [0.5, 0.6) is 11.5 Å². The average molecular weight is 377 g/mol. The monoisotopic (exact) mass is 377 g/mol. The van der Waals surface area contributed by atoms with Crippen molar-refractivity contribution in [2.75, 3.05) is 33.2 Å². The molecule has 0 aliphatic carbocycles. The van der Waals surface area contributed by atoms with Crippen LogP contribution in [-0.2, 0) is 17.7 Å². The molecule has 2 amide bonds. The fourth-order valence-corrected chi connectivity index (χ4v) is 3.72. The number of hydrogen-bond donors (Lipinski definition) is 1. The van der Waals surface area contributed by atoms with Crippen LogP contribution in [0.2, 0.25) is 0 Å². The van der Waals surface area contributed by atoms with Gasteiger partial charge < -0.3 is 19.1 Å². The number of amides is 2. The van der Waals surface area contributed by atoms with E-state index in [1.165, 1.54) is 25.6 Å². The molecule has 1 aliphatic rings. The van der Waals surface area contributed by atoms with E-state index in [0.29, 0.717) is 41.7 Å². The fourth-order valence-electron chi connectivity index (χ4n) is 2.71. The van der Waals surface area contributed by atoms with Gasteiger partial charge in [0.05, 0.1) is 33.6 Å². The van der Waals surface area contributed by atoms with Crippen LogP contribution in [0.3, 0.4) is 0 Å². The number of benzene rings is 1. The van der Waals surface area contributed by atoms with Crippen LogP contribution < -0.4 is 14.8 Å². The van der Waals surface area contributed by atoms with Crippen molar-refractivity contribution in [2.24, 2.45) is 0 Å². The quantitative estimate of drug-likeness (QED) is 0.881. The van der Waals surface area contributed by atoms with Crippen LogP contribution in [-0.4, -0.2) is 49.8 Å². The maximum absolute atomic E-state index is 12.8. The molecule has 0 fully saturated rings. The van der Waals surface area contributed by atoms with Gasteiger partial charge in [-0.1, -0.05) is 11.3 Å². The van der Waals surface area contributed by atoms with E-state index >= 15 is 0 Å². The van der Waals surface area contributed by atoms with Gasteiger partial charge in [0, 0.05) is 23.4 Å². The zero-order valence-corrected chi connectivity index (χ0v) is 15.5. The van der Waals surface area contributed by atoms with Gasteiger partial charge in [-0.25, -0.2) is 9.78 Å². The van der Waals surface area contributed by atoms with E-state index in [1.54, 1.807) is 30.2 Å². The molecule has 138 valence electrons. The lowest BCUT2D eigenvalue weighted by Crippen LogP contribution is -2.35. The van der Waals surface area contributed by atoms with Crippen LogP contribution in [0.4, 0.5) is 9.93 Å². The van der Waals surface area contributed by atoms with Gasteiger partial charge in [0.15, 0.2) is 16.6 Å². The number of nitrogens with zero attached hydrogens (tertiary/aromatic N) is 2. The maximum Gasteiger partial charge on any atom is 0.413 e. The number of thiazole rings is 1. The first kappa shape index (κ1) is 18.0. The second-order valence-corrected chi connectivity index (χ2v) is 6.64. The summed E-state index contributed by atoms with van der Waals surface area (Å²) in [5, 5.41) is 3.04. The molecule has 1 aromatic heterocycles. The van der Waals surface area contributed by atoms with Crippen molar-refractivity contribution in [3.05, 3.63) is 34.3 Å². The summed E-state index contributed by atoms with van der Waals surface area (Å²) in [7, 11) is 4.38. The topological polar surface area (TPSA) is 90.0 Å². The number of carbonyl (C=O) groups excluding carboxylic acids is 2. The third-order valence-corrected chi connectivity index (χ3v) is 5.04. The van der Waals surface area contributed by atoms with Crippen LogP contribution in [0.15, 0.2) is 18.2 Å². The first-order valence-electron chi connectivity index (χ1n) is 7.90. The fraction of sp³-hybridized carbons (Fsp3) is 0.353. The van der Waals surface area contributed by atoms with Crippen LogP contribution in [0.1, 0.15) is 20.9 Å². The van der Waals surface area contributed by atoms with Gasteiger partial charge in [0.25, 0.3) is 5.91 Å². The minimum absolute atomic E-state index is 0.0903. The Hall–Kier alpha value is -2.81. The summed E-state index contributed by atoms with van der Waals surface area (Å²) in [5.41, 5.74) is 1.43. The molecule has 1 aromatic carbocycles. The summed E-state index contributed by atoms with van der Waals surface area (Å²) in [6.45, 7) is 1.00. The van der Waals surface area contributed by atoms with E-state index < -0.39 is 6.09 Å². The summed E-state index contributed by atoms with van der Waals surface area (Å²) in [6.07, 6.45) is 0.0719. The minimum atomic E-state index is -0.561. The van der Waals surface area contributed by atoms with Crippen molar-refractivity contribution in [1.29, 1.82) is 0 Å². The summed E-state index contributed by atoms with van der Waals surface area (Å²) < 4.78 is 15.0. The number of rotatable bonds is 4. The molecule has 8 nitrogen and oxygen atoms in total. The molecule has 0 saturated heterocycles. The highest BCUT2D eigenvalue weighted by atomic mass is 32.1. The molecule has 0 radical (unpaired) electrons. The predicted molar refractivity (Wildman–Crippen MR) is 96.1 cm³/mol. The third-order valence-electron chi connectivity index (χ3n) is 4.04. The number of hydrogen-bond acceptors (Lipinski definition) is 7. The van der Waals surface area contributed by atoms with Gasteiger partial charge in [0.2, 0.25) is 0 Å². The highest BCUT2D eigenvalue weighted by molar-refractivity contribution is 7.15. The Morgan fingerprint density at radius 2 is 1.96 bits per heavy atom. The number of anilines is 1. The van der Waals surface area contributed by atoms with Gasteiger partial charge in [-0.3, -0.25) is 10.1 Å². The van der Waals surface area contributed by atoms with E-state index in [0.717, 1.165) is 10.6 Å². The number of ether oxygens (including phenoxy) is 3. The van der Waals surface area contributed by atoms with Crippen molar-refractivity contribution in [1.82, 2.24) is 9.88 Å². The third kappa shape index (κ3) is 3.57. The summed E-state index contributed by atoms with van der Waals surface area (Å²) >= 11 is 1.35. The van der Waals surface area contributed by atoms with Gasteiger partial charge in [-0.2, -0.15) is 0 Å². The van der Waals surface area contributed by atoms with E-state index in [-0.39, 0.29) is 5.91 Å². The van der Waals surface area contributed by atoms with Gasteiger partial charge in [0.1, 0.15) is 0 Å². The Labute approximate surface area is 154 Å². The van der Waals surface area contributed by atoms with Crippen molar-refractivity contribution < 1.29 is 23.8 Å². The smallest absolute Gasteiger partial charge is 0.413 e. The molecular formula is C17H19N3O5S. The Balaban J connectivity index is 1.76. The zero-order valence-electron chi connectivity index (χ0n) is 14.7. The normalized spacial score (nSPS) is 13.0. The standard InChI is InChI=1S/C17H19N3O5S/c1-23-12-5-4-10(8-13(12)24-2)15(21)20-7-6-11-14(9-20)26-16(18-11)19-17(22)25-3/h4-5,8H,6-7,9H2,1-3H3,(H,18,19,22). The second kappa shape index (κ2) is 7.61. The molecule has 1 aliphatic heterocycles. The lowest BCUT2D eigenvalue weighted by atomic mass is 10.1. The maximum atomic E-state index is 12.8. The molecule has 0 saturated carbocycles. The number of aromatic nitrogens is 1. The van der Waals surface area contributed by atoms with Crippen molar-refractivity contribution in [2.45, 2.75) is 13.0 Å². The van der Waals surface area contributed by atoms with E-state index in [1.807, 2.05) is 0 Å². The largest absolute Gasteiger partial charge is 0.493 e. The molecule has 9 heteroatoms. The first-order valence-corrected chi connectivity index (χ1v) is 8.72. The molecule has 0 spiro atoms. The molecule has 1 N–H and O–H groups in total. The predicted octanol–water partition coefficient (Wildman–Crippen LogP) is 2.54. The lowest BCUT2D eigenvalue weighted by molar-refractivity contribution is 0.0735. The highest BCUT2D eigenvalue weighted by Crippen LogP contribution is 2.31. The van der Waals surface area contributed by atoms with Gasteiger partial charge in [-0.15, -0.1) is 0 Å². The van der Waals surface area contributed by atoms with Gasteiger partial charge >= 0.3 is 6.09 Å². The van der Waals surface area contributed by atoms with E-state index in [9.17, 15) is 9.59 Å². The molecule has 26 heavy (non-hydrogen) atoms. The SMILES string of the molecule is COC(=O)Nc1nc2c(s1)CN(C(=O)c1ccc(OC)c(OC)c1)CC2. The van der Waals surface area contributed by atoms with Crippen molar-refractivity contribution >= 4 is 28.5 Å². The Bertz CT molecular complexity index is 836. The van der Waals surface area contributed by atoms with E-state index in [2.05, 4.69) is 15.0 Å². The summed E-state index contributed by atoms with van der Waals surface area (Å²) in [6, 6.07) is 5.11. The number of carbonyl (C=O) groups is 2. The molecule has 0 unspecified atom stereocenters. The summed E-state index contributed by atoms with van der Waals surface area (Å²) in [5.74, 6) is 0.997. The molecule has 0 bridgehead atoms. The number of fused-ring (bicyclic) bond motifs is 1. The van der Waals surface area contributed by atoms with Crippen LogP contribution in [0, 0.1) is 0 Å². The van der Waals surface area contributed by atoms with Crippen molar-refractivity contribution in [3.63, 3.8) is 0 Å². The average Bonchev–Trinajstić information content (AvgIpc) is 3.07. The number of nitrogens with one attached hydrogen (secondary N) is 1. The number of methoxy groups -OCH3 is 3. The summed E-state index contributed by atoms with van der Waals surface area (Å²) in [4.78, 5) is 31.2. The van der Waals surface area contributed by atoms with Crippen LogP contribution in [0.25, 0.3) is 0 Å². The first-order chi connectivity index (χ1) is 12.5. The Kier molecular flexibility index (Phi) is 5.27. The van der Waals surface area contributed by atoms with Crippen molar-refractivity contribution in [3.8, 4) is 11.5 Å². The Morgan fingerprint density at radius 3 is 2.65 bits per heavy atom. The van der Waals surface area contributed by atoms with Gasteiger partial charge in [-0.05, 0) is 18.2 Å². The van der Waals surface area contributed by atoms with E-state index in [4.69, 9.17) is 9.47 Å². The van der Waals surface area contributed by atoms with Crippen LogP contribution >= 0.6 is 11.3 Å². The molecule has 2 heterocycles. The molecule has 3 rings (SSSR count). The highest BCUT2D eigenvalue weighted by Gasteiger charge is 2.26. The second-order valence-electron chi connectivity index (χ2n) is 5.55. The zero-order chi connectivity index (χ0) is 18.7. The Morgan fingerprint density at radius 1 is 1.19 bits per heavy atom. The lowest BCUT2D eigenvalue weighted by Gasteiger charge is -2.26. The molecule has 2 aromatic rings.